The van der Waals surface area contributed by atoms with E-state index in [4.69, 9.17) is 4.74 Å². The van der Waals surface area contributed by atoms with Crippen LogP contribution < -0.4 is 4.74 Å². The molecule has 1 rings (SSSR count). The standard InChI is InChI=1S/C9H11FO.2C2H6/c1-3-11-8-6-4-5-7(2)9(8)10;2*1-2/h4-6H,3H2,1-2H3;2*1-2H3. The Morgan fingerprint density at radius 2 is 1.67 bits per heavy atom. The zero-order chi connectivity index (χ0) is 12.3. The lowest BCUT2D eigenvalue weighted by molar-refractivity contribution is 0.320. The van der Waals surface area contributed by atoms with Gasteiger partial charge in [-0.1, -0.05) is 39.8 Å². The number of benzene rings is 1. The normalized spacial score (nSPS) is 7.93. The van der Waals surface area contributed by atoms with Gasteiger partial charge in [0.25, 0.3) is 0 Å². The van der Waals surface area contributed by atoms with Crippen molar-refractivity contribution in [3.05, 3.63) is 29.6 Å². The molecule has 0 atom stereocenters. The summed E-state index contributed by atoms with van der Waals surface area (Å²) in [6.07, 6.45) is 0. The Morgan fingerprint density at radius 1 is 1.13 bits per heavy atom. The number of ether oxygens (including phenoxy) is 1. The monoisotopic (exact) mass is 214 g/mol. The Labute approximate surface area is 93.3 Å². The molecule has 0 spiro atoms. The molecule has 0 saturated carbocycles. The lowest BCUT2D eigenvalue weighted by atomic mass is 10.2. The molecule has 0 radical (unpaired) electrons. The highest BCUT2D eigenvalue weighted by molar-refractivity contribution is 5.29. The zero-order valence-corrected chi connectivity index (χ0v) is 10.7. The lowest BCUT2D eigenvalue weighted by Crippen LogP contribution is -1.95. The van der Waals surface area contributed by atoms with Crippen LogP contribution in [0.3, 0.4) is 0 Å². The first-order valence-corrected chi connectivity index (χ1v) is 5.63. The van der Waals surface area contributed by atoms with Crippen LogP contribution in [0.15, 0.2) is 18.2 Å². The minimum Gasteiger partial charge on any atom is -0.491 e. The molecule has 0 fully saturated rings. The molecule has 0 aliphatic heterocycles. The summed E-state index contributed by atoms with van der Waals surface area (Å²) < 4.78 is 18.1. The van der Waals surface area contributed by atoms with Crippen LogP contribution in [-0.4, -0.2) is 6.61 Å². The van der Waals surface area contributed by atoms with Gasteiger partial charge in [-0.15, -0.1) is 0 Å². The van der Waals surface area contributed by atoms with E-state index in [0.29, 0.717) is 17.9 Å². The van der Waals surface area contributed by atoms with Crippen molar-refractivity contribution in [2.45, 2.75) is 41.5 Å². The molecule has 15 heavy (non-hydrogen) atoms. The Bertz CT molecular complexity index is 246. The molecule has 0 aromatic heterocycles. The van der Waals surface area contributed by atoms with Gasteiger partial charge in [-0.2, -0.15) is 0 Å². The van der Waals surface area contributed by atoms with Crippen molar-refractivity contribution >= 4 is 0 Å². The van der Waals surface area contributed by atoms with Gasteiger partial charge in [0.1, 0.15) is 0 Å². The molecule has 2 heteroatoms. The first-order chi connectivity index (χ1) is 7.25. The zero-order valence-electron chi connectivity index (χ0n) is 10.7. The molecule has 1 aromatic rings. The molecule has 0 aliphatic rings. The molecule has 0 aliphatic carbocycles. The SMILES string of the molecule is CC.CC.CCOc1cccc(C)c1F. The Hall–Kier alpha value is -1.05. The molecule has 0 bridgehead atoms. The van der Waals surface area contributed by atoms with Gasteiger partial charge in [-0.25, -0.2) is 4.39 Å². The smallest absolute Gasteiger partial charge is 0.167 e. The third-order valence-corrected chi connectivity index (χ3v) is 1.46. The average Bonchev–Trinajstić information content (AvgIpc) is 2.31. The van der Waals surface area contributed by atoms with Crippen LogP contribution in [0.2, 0.25) is 0 Å². The van der Waals surface area contributed by atoms with Crippen LogP contribution in [0.1, 0.15) is 40.2 Å². The summed E-state index contributed by atoms with van der Waals surface area (Å²) in [4.78, 5) is 0. The third kappa shape index (κ3) is 6.10. The van der Waals surface area contributed by atoms with E-state index >= 15 is 0 Å². The van der Waals surface area contributed by atoms with Gasteiger partial charge < -0.3 is 4.74 Å². The van der Waals surface area contributed by atoms with Crippen LogP contribution in [0.5, 0.6) is 5.75 Å². The van der Waals surface area contributed by atoms with E-state index < -0.39 is 0 Å². The number of rotatable bonds is 2. The van der Waals surface area contributed by atoms with Gasteiger partial charge >= 0.3 is 0 Å². The first kappa shape index (κ1) is 16.4. The fraction of sp³-hybridized carbons (Fsp3) is 0.538. The molecular weight excluding hydrogens is 191 g/mol. The van der Waals surface area contributed by atoms with Gasteiger partial charge in [0.2, 0.25) is 0 Å². The minimum absolute atomic E-state index is 0.255. The van der Waals surface area contributed by atoms with Crippen molar-refractivity contribution in [2.75, 3.05) is 6.61 Å². The van der Waals surface area contributed by atoms with Gasteiger partial charge in [0.15, 0.2) is 11.6 Å². The fourth-order valence-electron chi connectivity index (χ4n) is 0.887. The largest absolute Gasteiger partial charge is 0.491 e. The minimum atomic E-state index is -0.255. The molecule has 0 heterocycles. The van der Waals surface area contributed by atoms with E-state index in [1.165, 1.54) is 0 Å². The predicted octanol–water partition coefficient (Wildman–Crippen LogP) is 4.59. The van der Waals surface area contributed by atoms with Gasteiger partial charge in [-0.05, 0) is 25.5 Å². The fourth-order valence-corrected chi connectivity index (χ4v) is 0.887. The van der Waals surface area contributed by atoms with Crippen molar-refractivity contribution < 1.29 is 9.13 Å². The van der Waals surface area contributed by atoms with Crippen LogP contribution >= 0.6 is 0 Å². The maximum Gasteiger partial charge on any atom is 0.167 e. The second kappa shape index (κ2) is 11.0. The summed E-state index contributed by atoms with van der Waals surface area (Å²) in [6.45, 7) is 12.1. The van der Waals surface area contributed by atoms with E-state index in [0.717, 1.165) is 0 Å². The van der Waals surface area contributed by atoms with E-state index in [2.05, 4.69) is 0 Å². The van der Waals surface area contributed by atoms with Crippen LogP contribution in [0.25, 0.3) is 0 Å². The van der Waals surface area contributed by atoms with Gasteiger partial charge in [0.05, 0.1) is 6.61 Å². The van der Waals surface area contributed by atoms with Crippen LogP contribution in [0.4, 0.5) is 4.39 Å². The summed E-state index contributed by atoms with van der Waals surface area (Å²) in [7, 11) is 0. The number of hydrogen-bond acceptors (Lipinski definition) is 1. The average molecular weight is 214 g/mol. The van der Waals surface area contributed by atoms with Crippen LogP contribution in [0, 0.1) is 12.7 Å². The Kier molecular flexibility index (Phi) is 12.0. The molecular formula is C13H23FO. The summed E-state index contributed by atoms with van der Waals surface area (Å²) in [5.41, 5.74) is 0.621. The van der Waals surface area contributed by atoms with Gasteiger partial charge in [-0.3, -0.25) is 0 Å². The molecule has 88 valence electrons. The number of hydrogen-bond donors (Lipinski definition) is 0. The molecule has 0 saturated heterocycles. The quantitative estimate of drug-likeness (QED) is 0.700. The molecule has 1 nitrogen and oxygen atoms in total. The highest BCUT2D eigenvalue weighted by atomic mass is 19.1. The molecule has 0 amide bonds. The molecule has 0 unspecified atom stereocenters. The third-order valence-electron chi connectivity index (χ3n) is 1.46. The summed E-state index contributed by atoms with van der Waals surface area (Å²) >= 11 is 0. The van der Waals surface area contributed by atoms with Crippen molar-refractivity contribution in [1.29, 1.82) is 0 Å². The first-order valence-electron chi connectivity index (χ1n) is 5.63. The second-order valence-corrected chi connectivity index (χ2v) is 2.32. The molecule has 0 N–H and O–H groups in total. The summed E-state index contributed by atoms with van der Waals surface area (Å²) in [6, 6.07) is 5.13. The van der Waals surface area contributed by atoms with Crippen molar-refractivity contribution in [1.82, 2.24) is 0 Å². The topological polar surface area (TPSA) is 9.23 Å². The van der Waals surface area contributed by atoms with Gasteiger partial charge in [0, 0.05) is 0 Å². The maximum atomic E-state index is 13.1. The van der Waals surface area contributed by atoms with Crippen molar-refractivity contribution in [3.63, 3.8) is 0 Å². The van der Waals surface area contributed by atoms with Crippen LogP contribution in [-0.2, 0) is 0 Å². The summed E-state index contributed by atoms with van der Waals surface area (Å²) in [5, 5.41) is 0. The van der Waals surface area contributed by atoms with E-state index in [1.807, 2.05) is 34.6 Å². The Balaban J connectivity index is 0. The number of aryl methyl sites for hydroxylation is 1. The molecule has 1 aromatic carbocycles. The Morgan fingerprint density at radius 3 is 2.13 bits per heavy atom. The highest BCUT2D eigenvalue weighted by Gasteiger charge is 2.03. The van der Waals surface area contributed by atoms with Crippen molar-refractivity contribution in [3.8, 4) is 5.75 Å². The predicted molar refractivity (Wildman–Crippen MR) is 65.0 cm³/mol. The lowest BCUT2D eigenvalue weighted by Gasteiger charge is -2.04. The van der Waals surface area contributed by atoms with E-state index in [-0.39, 0.29) is 5.82 Å². The van der Waals surface area contributed by atoms with E-state index in [1.54, 1.807) is 25.1 Å². The van der Waals surface area contributed by atoms with E-state index in [9.17, 15) is 4.39 Å². The second-order valence-electron chi connectivity index (χ2n) is 2.32. The highest BCUT2D eigenvalue weighted by Crippen LogP contribution is 2.18. The maximum absolute atomic E-state index is 13.1. The van der Waals surface area contributed by atoms with Crippen molar-refractivity contribution in [2.24, 2.45) is 0 Å². The number of halogens is 1. The summed E-state index contributed by atoms with van der Waals surface area (Å²) in [5.74, 6) is 0.0850.